The molecule has 0 unspecified atom stereocenters. The molecule has 2 heterocycles. The molecule has 0 atom stereocenters. The van der Waals surface area contributed by atoms with Gasteiger partial charge >= 0.3 is 5.82 Å². The van der Waals surface area contributed by atoms with Crippen LogP contribution in [0.1, 0.15) is 0 Å². The van der Waals surface area contributed by atoms with Crippen molar-refractivity contribution in [1.29, 1.82) is 0 Å². The zero-order valence-electron chi connectivity index (χ0n) is 7.76. The van der Waals surface area contributed by atoms with Gasteiger partial charge in [0.05, 0.1) is 5.10 Å². The summed E-state index contributed by atoms with van der Waals surface area (Å²) in [5, 5.41) is 34.0. The first-order valence-electron chi connectivity index (χ1n) is 3.92. The highest BCUT2D eigenvalue weighted by Crippen LogP contribution is 2.23. The molecule has 0 saturated heterocycles. The van der Waals surface area contributed by atoms with Crippen LogP contribution in [-0.2, 0) is 0 Å². The SMILES string of the molecule is O=[N+]([O-])[N-]c1nc(-c2n[nH]nc2[N+](=O)[O-])n[nH]1. The van der Waals surface area contributed by atoms with Crippen LogP contribution in [0.2, 0.25) is 0 Å². The number of nitrogens with zero attached hydrogens (tertiary/aromatic N) is 7. The molecule has 0 aromatic carbocycles. The average molecular weight is 240 g/mol. The smallest absolute Gasteiger partial charge is 0.358 e. The minimum atomic E-state index is -0.985. The molecule has 0 aliphatic heterocycles. The molecule has 88 valence electrons. The molecule has 0 saturated carbocycles. The quantitative estimate of drug-likeness (QED) is 0.538. The van der Waals surface area contributed by atoms with E-state index in [1.165, 1.54) is 0 Å². The second kappa shape index (κ2) is 3.80. The highest BCUT2D eigenvalue weighted by Gasteiger charge is 2.22. The van der Waals surface area contributed by atoms with Gasteiger partial charge in [-0.05, 0) is 4.92 Å². The van der Waals surface area contributed by atoms with E-state index in [1.54, 1.807) is 0 Å². The number of aromatic nitrogens is 6. The fraction of sp³-hybridized carbons (Fsp3) is 0. The topological polar surface area (TPSA) is 184 Å². The van der Waals surface area contributed by atoms with Crippen molar-refractivity contribution in [3.63, 3.8) is 0 Å². The van der Waals surface area contributed by atoms with Crippen LogP contribution in [0.15, 0.2) is 0 Å². The maximum absolute atomic E-state index is 10.5. The largest absolute Gasteiger partial charge is 0.420 e. The van der Waals surface area contributed by atoms with E-state index in [1.807, 2.05) is 5.21 Å². The first kappa shape index (κ1) is 10.4. The Morgan fingerprint density at radius 1 is 1.18 bits per heavy atom. The Hall–Kier alpha value is -3.12. The molecule has 2 aromatic heterocycles. The fourth-order valence-corrected chi connectivity index (χ4v) is 0.984. The minimum absolute atomic E-state index is 0.217. The third kappa shape index (κ3) is 1.96. The second-order valence-corrected chi connectivity index (χ2v) is 2.57. The predicted molar refractivity (Wildman–Crippen MR) is 48.4 cm³/mol. The van der Waals surface area contributed by atoms with Crippen LogP contribution >= 0.6 is 0 Å². The summed E-state index contributed by atoms with van der Waals surface area (Å²) >= 11 is 0. The average Bonchev–Trinajstić information content (AvgIpc) is 2.82. The Kier molecular flexibility index (Phi) is 2.32. The monoisotopic (exact) mass is 240 g/mol. The number of hydrogen-bond donors (Lipinski definition) is 2. The van der Waals surface area contributed by atoms with Crippen LogP contribution in [0.3, 0.4) is 0 Å². The molecule has 2 rings (SSSR count). The Balaban J connectivity index is 2.33. The molecule has 0 aliphatic rings. The third-order valence-electron chi connectivity index (χ3n) is 1.56. The van der Waals surface area contributed by atoms with Crippen LogP contribution in [0, 0.1) is 20.2 Å². The van der Waals surface area contributed by atoms with E-state index in [0.717, 1.165) is 0 Å². The lowest BCUT2D eigenvalue weighted by Crippen LogP contribution is -1.92. The second-order valence-electron chi connectivity index (χ2n) is 2.57. The fourth-order valence-electron chi connectivity index (χ4n) is 0.984. The summed E-state index contributed by atoms with van der Waals surface area (Å²) in [4.78, 5) is 23.3. The molecule has 0 fully saturated rings. The molecule has 0 radical (unpaired) electrons. The Bertz CT molecular complexity index is 571. The van der Waals surface area contributed by atoms with E-state index in [9.17, 15) is 20.2 Å². The van der Waals surface area contributed by atoms with Crippen molar-refractivity contribution in [3.8, 4) is 11.5 Å². The highest BCUT2D eigenvalue weighted by atomic mass is 16.7. The summed E-state index contributed by atoms with van der Waals surface area (Å²) in [5.74, 6) is -1.20. The van der Waals surface area contributed by atoms with Gasteiger partial charge in [0.2, 0.25) is 5.69 Å². The summed E-state index contributed by atoms with van der Waals surface area (Å²) in [6.07, 6.45) is 0. The number of aromatic amines is 2. The van der Waals surface area contributed by atoms with Crippen molar-refractivity contribution in [2.24, 2.45) is 0 Å². The van der Waals surface area contributed by atoms with Crippen molar-refractivity contribution in [2.75, 3.05) is 0 Å². The number of nitrogens with one attached hydrogen (secondary N) is 2. The van der Waals surface area contributed by atoms with Crippen LogP contribution in [0.5, 0.6) is 0 Å². The van der Waals surface area contributed by atoms with Gasteiger partial charge in [-0.3, -0.25) is 0 Å². The van der Waals surface area contributed by atoms with Crippen molar-refractivity contribution < 1.29 is 9.96 Å². The maximum atomic E-state index is 10.5. The number of hydrogen-bond acceptors (Lipinski definition) is 8. The van der Waals surface area contributed by atoms with Crippen LogP contribution < -0.4 is 0 Å². The van der Waals surface area contributed by atoms with Crippen molar-refractivity contribution >= 4 is 11.8 Å². The molecule has 0 amide bonds. The molecular formula is C4H2N9O4-. The Labute approximate surface area is 90.5 Å². The lowest BCUT2D eigenvalue weighted by Gasteiger charge is -1.94. The van der Waals surface area contributed by atoms with Gasteiger partial charge in [-0.25, -0.2) is 15.2 Å². The van der Waals surface area contributed by atoms with Crippen molar-refractivity contribution in [3.05, 3.63) is 25.7 Å². The lowest BCUT2D eigenvalue weighted by atomic mass is 10.4. The summed E-state index contributed by atoms with van der Waals surface area (Å²) in [7, 11) is 0. The maximum Gasteiger partial charge on any atom is 0.420 e. The van der Waals surface area contributed by atoms with Crippen LogP contribution in [0.4, 0.5) is 11.8 Å². The molecule has 0 spiro atoms. The summed E-state index contributed by atoms with van der Waals surface area (Å²) in [5.41, 5.74) is 2.59. The molecule has 13 nitrogen and oxygen atoms in total. The van der Waals surface area contributed by atoms with Crippen molar-refractivity contribution in [2.45, 2.75) is 0 Å². The van der Waals surface area contributed by atoms with Gasteiger partial charge in [0.15, 0.2) is 0 Å². The highest BCUT2D eigenvalue weighted by molar-refractivity contribution is 5.59. The van der Waals surface area contributed by atoms with E-state index < -0.39 is 21.7 Å². The lowest BCUT2D eigenvalue weighted by molar-refractivity contribution is -0.419. The van der Waals surface area contributed by atoms with E-state index in [0.29, 0.717) is 0 Å². The standard InChI is InChI=1S/C4H2N9O4/c14-12(15)3-1(6-11-8-3)2-5-4(9-7-2)10-13(16)17/h(H2-,5,6,7,8,9,10,11)/q-1. The molecule has 0 bridgehead atoms. The van der Waals surface area contributed by atoms with Gasteiger partial charge in [0.25, 0.3) is 0 Å². The van der Waals surface area contributed by atoms with E-state index >= 15 is 0 Å². The normalized spacial score (nSPS) is 10.1. The number of nitro groups is 2. The first-order chi connectivity index (χ1) is 8.08. The van der Waals surface area contributed by atoms with E-state index in [2.05, 4.69) is 30.8 Å². The third-order valence-corrected chi connectivity index (χ3v) is 1.56. The first-order valence-corrected chi connectivity index (χ1v) is 3.92. The molecule has 17 heavy (non-hydrogen) atoms. The molecule has 2 aromatic rings. The number of rotatable bonds is 4. The van der Waals surface area contributed by atoms with Gasteiger partial charge < -0.3 is 20.2 Å². The van der Waals surface area contributed by atoms with Crippen LogP contribution in [-0.4, -0.2) is 40.5 Å². The number of H-pyrrole nitrogens is 2. The summed E-state index contributed by atoms with van der Waals surface area (Å²) < 4.78 is 0. The minimum Gasteiger partial charge on any atom is -0.358 e. The molecule has 2 N–H and O–H groups in total. The molecule has 0 aliphatic carbocycles. The zero-order valence-corrected chi connectivity index (χ0v) is 7.76. The van der Waals surface area contributed by atoms with E-state index in [-0.39, 0.29) is 11.5 Å². The summed E-state index contributed by atoms with van der Waals surface area (Å²) in [6.45, 7) is 0. The van der Waals surface area contributed by atoms with Crippen molar-refractivity contribution in [1.82, 2.24) is 30.6 Å². The van der Waals surface area contributed by atoms with Gasteiger partial charge in [-0.2, -0.15) is 0 Å². The van der Waals surface area contributed by atoms with Gasteiger partial charge in [-0.15, -0.1) is 10.3 Å². The molecular weight excluding hydrogens is 238 g/mol. The van der Waals surface area contributed by atoms with Gasteiger partial charge in [-0.1, -0.05) is 5.43 Å². The zero-order chi connectivity index (χ0) is 12.4. The molecule has 13 heteroatoms. The predicted octanol–water partition coefficient (Wildman–Crippen LogP) is -0.305. The van der Waals surface area contributed by atoms with Crippen LogP contribution in [0.25, 0.3) is 16.9 Å². The van der Waals surface area contributed by atoms with Gasteiger partial charge in [0.1, 0.15) is 16.8 Å². The van der Waals surface area contributed by atoms with E-state index in [4.69, 9.17) is 0 Å². The Morgan fingerprint density at radius 3 is 2.59 bits per heavy atom. The van der Waals surface area contributed by atoms with Gasteiger partial charge in [0, 0.05) is 0 Å². The Morgan fingerprint density at radius 2 is 1.94 bits per heavy atom. The summed E-state index contributed by atoms with van der Waals surface area (Å²) in [6, 6.07) is 0.